The SMILES string of the molecule is c1ccc2c(c1)Oc1cc(-n3c4ccccc4c4c5oc6ccccc6c5c5oc6ccccc6c5c43)cc3c1B2c1ccccc1O3. The first kappa shape index (κ1) is 24.8. The number of para-hydroxylation sites is 5. The molecule has 5 heterocycles. The lowest BCUT2D eigenvalue weighted by molar-refractivity contribution is 0.464. The van der Waals surface area contributed by atoms with Crippen molar-refractivity contribution < 1.29 is 18.3 Å². The predicted molar refractivity (Wildman–Crippen MR) is 193 cm³/mol. The maximum atomic E-state index is 6.74. The molecule has 48 heavy (non-hydrogen) atoms. The third kappa shape index (κ3) is 2.99. The number of hydrogen-bond acceptors (Lipinski definition) is 4. The van der Waals surface area contributed by atoms with Gasteiger partial charge in [-0.15, -0.1) is 0 Å². The van der Waals surface area contributed by atoms with Crippen LogP contribution in [0.5, 0.6) is 23.0 Å². The van der Waals surface area contributed by atoms with Crippen molar-refractivity contribution in [2.24, 2.45) is 0 Å². The Morgan fingerprint density at radius 1 is 0.458 bits per heavy atom. The molecule has 0 saturated heterocycles. The van der Waals surface area contributed by atoms with E-state index in [-0.39, 0.29) is 6.71 Å². The van der Waals surface area contributed by atoms with E-state index in [4.69, 9.17) is 18.3 Å². The quantitative estimate of drug-likeness (QED) is 0.173. The van der Waals surface area contributed by atoms with Crippen molar-refractivity contribution in [1.29, 1.82) is 0 Å². The van der Waals surface area contributed by atoms with Crippen molar-refractivity contribution in [3.05, 3.63) is 133 Å². The Balaban J connectivity index is 1.27. The maximum absolute atomic E-state index is 6.74. The molecule has 0 radical (unpaired) electrons. The van der Waals surface area contributed by atoms with Crippen molar-refractivity contribution in [3.63, 3.8) is 0 Å². The number of fused-ring (bicyclic) bond motifs is 16. The summed E-state index contributed by atoms with van der Waals surface area (Å²) in [5.74, 6) is 3.32. The number of nitrogens with zero attached hydrogens (tertiary/aromatic N) is 1. The zero-order valence-electron chi connectivity index (χ0n) is 25.4. The van der Waals surface area contributed by atoms with Crippen LogP contribution in [0.2, 0.25) is 0 Å². The van der Waals surface area contributed by atoms with Gasteiger partial charge in [-0.1, -0.05) is 91.0 Å². The first-order valence-corrected chi connectivity index (χ1v) is 16.2. The molecule has 0 aliphatic carbocycles. The van der Waals surface area contributed by atoms with E-state index in [2.05, 4.69) is 102 Å². The zero-order valence-corrected chi connectivity index (χ0v) is 25.4. The predicted octanol–water partition coefficient (Wildman–Crippen LogP) is 9.31. The van der Waals surface area contributed by atoms with Gasteiger partial charge < -0.3 is 22.9 Å². The molecule has 2 aliphatic rings. The van der Waals surface area contributed by atoms with Crippen LogP contribution in [0.25, 0.3) is 71.4 Å². The summed E-state index contributed by atoms with van der Waals surface area (Å²) in [4.78, 5) is 0. The summed E-state index contributed by atoms with van der Waals surface area (Å²) in [6.45, 7) is 0.0109. The fraction of sp³-hybridized carbons (Fsp3) is 0. The molecule has 7 aromatic carbocycles. The highest BCUT2D eigenvalue weighted by atomic mass is 16.5. The highest BCUT2D eigenvalue weighted by molar-refractivity contribution is 6.98. The Kier molecular flexibility index (Phi) is 4.49. The van der Waals surface area contributed by atoms with Gasteiger partial charge in [0.25, 0.3) is 6.71 Å². The fourth-order valence-electron chi connectivity index (χ4n) is 8.39. The summed E-state index contributed by atoms with van der Waals surface area (Å²) in [5, 5.41) is 6.30. The normalized spacial score (nSPS) is 13.3. The van der Waals surface area contributed by atoms with Crippen LogP contribution < -0.4 is 25.9 Å². The second-order valence-corrected chi connectivity index (χ2v) is 12.7. The molecule has 6 heteroatoms. The van der Waals surface area contributed by atoms with Gasteiger partial charge in [0.05, 0.1) is 32.9 Å². The van der Waals surface area contributed by atoms with Crippen LogP contribution in [0.1, 0.15) is 0 Å². The van der Waals surface area contributed by atoms with Gasteiger partial charge in [-0.25, -0.2) is 0 Å². The van der Waals surface area contributed by atoms with Crippen molar-refractivity contribution in [1.82, 2.24) is 4.57 Å². The van der Waals surface area contributed by atoms with Crippen LogP contribution >= 0.6 is 0 Å². The highest BCUT2D eigenvalue weighted by Crippen LogP contribution is 2.49. The van der Waals surface area contributed by atoms with E-state index in [1.54, 1.807) is 0 Å². The fourth-order valence-corrected chi connectivity index (χ4v) is 8.39. The molecule has 0 amide bonds. The van der Waals surface area contributed by atoms with Gasteiger partial charge in [-0.3, -0.25) is 0 Å². The molecule has 0 N–H and O–H groups in total. The third-order valence-corrected chi connectivity index (χ3v) is 10.3. The molecular weight excluding hydrogens is 593 g/mol. The largest absolute Gasteiger partial charge is 0.458 e. The monoisotopic (exact) mass is 615 g/mol. The maximum Gasteiger partial charge on any atom is 0.260 e. The third-order valence-electron chi connectivity index (χ3n) is 10.3. The summed E-state index contributed by atoms with van der Waals surface area (Å²) in [5.41, 5.74) is 9.68. The molecule has 3 aromatic heterocycles. The number of aromatic nitrogens is 1. The van der Waals surface area contributed by atoms with Crippen LogP contribution in [0.15, 0.2) is 142 Å². The van der Waals surface area contributed by atoms with Crippen LogP contribution in [0.4, 0.5) is 0 Å². The minimum Gasteiger partial charge on any atom is -0.458 e. The summed E-state index contributed by atoms with van der Waals surface area (Å²) in [6.07, 6.45) is 0. The second kappa shape index (κ2) is 8.69. The Morgan fingerprint density at radius 2 is 0.958 bits per heavy atom. The first-order valence-electron chi connectivity index (χ1n) is 16.2. The molecule has 2 aliphatic heterocycles. The second-order valence-electron chi connectivity index (χ2n) is 12.7. The van der Waals surface area contributed by atoms with Crippen LogP contribution in [-0.4, -0.2) is 11.3 Å². The zero-order chi connectivity index (χ0) is 31.1. The van der Waals surface area contributed by atoms with Gasteiger partial charge in [0, 0.05) is 33.8 Å². The van der Waals surface area contributed by atoms with E-state index in [1.807, 2.05) is 36.4 Å². The Labute approximate surface area is 273 Å². The van der Waals surface area contributed by atoms with Gasteiger partial charge in [0.2, 0.25) is 0 Å². The van der Waals surface area contributed by atoms with Gasteiger partial charge in [-0.05, 0) is 41.3 Å². The Hall–Kier alpha value is -6.40. The van der Waals surface area contributed by atoms with Crippen LogP contribution in [0, 0.1) is 0 Å². The van der Waals surface area contributed by atoms with E-state index in [9.17, 15) is 0 Å². The highest BCUT2D eigenvalue weighted by Gasteiger charge is 2.40. The van der Waals surface area contributed by atoms with Crippen molar-refractivity contribution in [3.8, 4) is 28.7 Å². The number of rotatable bonds is 1. The standard InChI is InChI=1S/C42H22BNO4/c1-6-16-29-24(11-1)36-40(37-25-12-2-7-17-30(25)47-42(37)38-26-13-3-8-18-31(26)48-41(36)38)44(29)23-21-34-39-35(22-23)46-33-20-10-5-15-28(33)43(39)27-14-4-9-19-32(27)45-34/h1-22H. The molecule has 12 rings (SSSR count). The molecule has 0 fully saturated rings. The smallest absolute Gasteiger partial charge is 0.260 e. The van der Waals surface area contributed by atoms with E-state index < -0.39 is 0 Å². The average Bonchev–Trinajstić information content (AvgIpc) is 3.81. The minimum absolute atomic E-state index is 0.0109. The van der Waals surface area contributed by atoms with E-state index >= 15 is 0 Å². The lowest BCUT2D eigenvalue weighted by Gasteiger charge is -2.33. The molecule has 0 spiro atoms. The number of hydrogen-bond donors (Lipinski definition) is 0. The first-order chi connectivity index (χ1) is 23.8. The summed E-state index contributed by atoms with van der Waals surface area (Å²) >= 11 is 0. The molecule has 10 aromatic rings. The molecule has 222 valence electrons. The Morgan fingerprint density at radius 3 is 1.60 bits per heavy atom. The van der Waals surface area contributed by atoms with Gasteiger partial charge in [-0.2, -0.15) is 0 Å². The average molecular weight is 615 g/mol. The van der Waals surface area contributed by atoms with Gasteiger partial charge in [0.15, 0.2) is 0 Å². The molecule has 0 bridgehead atoms. The summed E-state index contributed by atoms with van der Waals surface area (Å²) in [6, 6.07) is 46.1. The lowest BCUT2D eigenvalue weighted by Crippen LogP contribution is -2.57. The summed E-state index contributed by atoms with van der Waals surface area (Å²) in [7, 11) is 0. The minimum atomic E-state index is 0.0109. The molecule has 5 nitrogen and oxygen atoms in total. The van der Waals surface area contributed by atoms with Crippen molar-refractivity contribution in [2.45, 2.75) is 0 Å². The number of benzene rings is 7. The van der Waals surface area contributed by atoms with Crippen LogP contribution in [-0.2, 0) is 0 Å². The van der Waals surface area contributed by atoms with Gasteiger partial charge >= 0.3 is 0 Å². The van der Waals surface area contributed by atoms with Crippen LogP contribution in [0.3, 0.4) is 0 Å². The molecule has 0 unspecified atom stereocenters. The summed E-state index contributed by atoms with van der Waals surface area (Å²) < 4.78 is 29.3. The molecule has 0 saturated carbocycles. The number of furan rings is 2. The number of ether oxygens (including phenoxy) is 2. The van der Waals surface area contributed by atoms with Crippen molar-refractivity contribution >= 4 is 88.8 Å². The topological polar surface area (TPSA) is 49.7 Å². The molecule has 0 atom stereocenters. The van der Waals surface area contributed by atoms with E-state index in [1.165, 1.54) is 0 Å². The molecular formula is C42H22BNO4. The van der Waals surface area contributed by atoms with Crippen molar-refractivity contribution in [2.75, 3.05) is 0 Å². The lowest BCUT2D eigenvalue weighted by atomic mass is 9.35. The Bertz CT molecular complexity index is 2940. The van der Waals surface area contributed by atoms with Gasteiger partial charge in [0.1, 0.15) is 45.3 Å². The van der Waals surface area contributed by atoms with E-state index in [0.717, 1.165) is 111 Å². The van der Waals surface area contributed by atoms with E-state index in [0.29, 0.717) is 0 Å².